The maximum absolute atomic E-state index is 14.0. The third kappa shape index (κ3) is 4.07. The van der Waals surface area contributed by atoms with Crippen molar-refractivity contribution in [2.45, 2.75) is 24.5 Å². The number of hydrogen-bond acceptors (Lipinski definition) is 11. The quantitative estimate of drug-likeness (QED) is 0.198. The molecule has 13 nitrogen and oxygen atoms in total. The van der Waals surface area contributed by atoms with Crippen molar-refractivity contribution in [1.29, 1.82) is 0 Å². The topological polar surface area (TPSA) is 197 Å². The largest absolute Gasteiger partial charge is 0.510 e. The molecule has 0 bridgehead atoms. The lowest BCUT2D eigenvalue weighted by atomic mass is 9.58. The highest BCUT2D eigenvalue weighted by molar-refractivity contribution is 6.25. The van der Waals surface area contributed by atoms with Crippen LogP contribution in [0.2, 0.25) is 0 Å². The predicted octanol–water partition coefficient (Wildman–Crippen LogP) is -0.313. The first-order valence-corrected chi connectivity index (χ1v) is 12.7. The maximum Gasteiger partial charge on any atom is 0.255 e. The zero-order chi connectivity index (χ0) is 30.0. The number of benzene rings is 1. The van der Waals surface area contributed by atoms with E-state index in [0.717, 1.165) is 0 Å². The minimum Gasteiger partial charge on any atom is -0.510 e. The standard InChI is InChI=1S/C27H35N5O8/c1-30(2)15-9-14(29-10-16(33)31(3)4)21(34)18-12(15)7-11-8-13-20(32(5)6)23(36)19(26(28)39)25(38)27(13,40)24(37)17(11)22(18)35/h9,11,13,20,29,34,36-37,40H,7-8,10H2,1-6H3,(H2,28,39)/t11-,13-,20?,27-/m0/s1. The van der Waals surface area contributed by atoms with Crippen LogP contribution in [-0.2, 0) is 20.8 Å². The van der Waals surface area contributed by atoms with E-state index in [-0.39, 0.29) is 42.1 Å². The number of allylic oxidation sites excluding steroid dienone is 1. The summed E-state index contributed by atoms with van der Waals surface area (Å²) in [6, 6.07) is 0.561. The van der Waals surface area contributed by atoms with Crippen molar-refractivity contribution in [1.82, 2.24) is 9.80 Å². The number of primary amides is 1. The van der Waals surface area contributed by atoms with Crippen LogP contribution in [0.5, 0.6) is 5.75 Å². The van der Waals surface area contributed by atoms with Gasteiger partial charge in [0.05, 0.1) is 23.8 Å². The molecule has 13 heteroatoms. The number of Topliss-reactive ketones (excluding diaryl/α,β-unsaturated/α-hetero) is 2. The molecule has 4 atom stereocenters. The number of likely N-dealkylation sites (N-methyl/N-ethyl adjacent to an activating group) is 2. The van der Waals surface area contributed by atoms with Gasteiger partial charge in [-0.15, -0.1) is 0 Å². The number of phenols is 1. The molecule has 0 heterocycles. The zero-order valence-electron chi connectivity index (χ0n) is 23.3. The number of fused-ring (bicyclic) bond motifs is 3. The van der Waals surface area contributed by atoms with Crippen LogP contribution in [0.3, 0.4) is 0 Å². The molecule has 3 aliphatic rings. The van der Waals surface area contributed by atoms with E-state index in [0.29, 0.717) is 11.3 Å². The molecule has 3 aliphatic carbocycles. The molecule has 0 saturated carbocycles. The van der Waals surface area contributed by atoms with E-state index in [1.165, 1.54) is 9.80 Å². The highest BCUT2D eigenvalue weighted by Crippen LogP contribution is 2.53. The molecular formula is C27H35N5O8. The number of aliphatic hydroxyl groups is 3. The summed E-state index contributed by atoms with van der Waals surface area (Å²) in [6.45, 7) is -0.162. The summed E-state index contributed by atoms with van der Waals surface area (Å²) in [5.41, 5.74) is 2.61. The third-order valence-electron chi connectivity index (χ3n) is 8.11. The Morgan fingerprint density at radius 2 is 1.73 bits per heavy atom. The second-order valence-corrected chi connectivity index (χ2v) is 11.1. The Morgan fingerprint density at radius 1 is 1.10 bits per heavy atom. The van der Waals surface area contributed by atoms with Gasteiger partial charge in [-0.1, -0.05) is 0 Å². The minimum atomic E-state index is -2.71. The molecule has 1 aromatic rings. The Hall–Kier alpha value is -4.10. The molecule has 0 radical (unpaired) electrons. The van der Waals surface area contributed by atoms with Crippen molar-refractivity contribution >= 4 is 34.8 Å². The van der Waals surface area contributed by atoms with Crippen molar-refractivity contribution in [3.63, 3.8) is 0 Å². The Labute approximate surface area is 231 Å². The smallest absolute Gasteiger partial charge is 0.255 e. The van der Waals surface area contributed by atoms with E-state index < -0.39 is 63.8 Å². The van der Waals surface area contributed by atoms with Crippen molar-refractivity contribution in [2.75, 3.05) is 59.0 Å². The second kappa shape index (κ2) is 9.82. The number of phenolic OH excluding ortho intramolecular Hbond substituents is 1. The third-order valence-corrected chi connectivity index (χ3v) is 8.11. The maximum atomic E-state index is 14.0. The number of carbonyl (C=O) groups is 4. The fraction of sp³-hybridized carbons (Fsp3) is 0.481. The lowest BCUT2D eigenvalue weighted by Crippen LogP contribution is -2.63. The number of rotatable bonds is 6. The molecule has 0 aromatic heterocycles. The molecular weight excluding hydrogens is 522 g/mol. The van der Waals surface area contributed by atoms with Crippen LogP contribution in [0, 0.1) is 11.8 Å². The first-order valence-electron chi connectivity index (χ1n) is 12.7. The van der Waals surface area contributed by atoms with E-state index in [4.69, 9.17) is 5.73 Å². The first-order chi connectivity index (χ1) is 18.5. The average Bonchev–Trinajstić information content (AvgIpc) is 2.84. The van der Waals surface area contributed by atoms with Gasteiger partial charge >= 0.3 is 0 Å². The number of nitrogens with two attached hydrogens (primary N) is 1. The molecule has 2 amide bonds. The van der Waals surface area contributed by atoms with Gasteiger partial charge in [-0.05, 0) is 44.5 Å². The fourth-order valence-electron chi connectivity index (χ4n) is 6.16. The van der Waals surface area contributed by atoms with Crippen LogP contribution in [0.4, 0.5) is 11.4 Å². The van der Waals surface area contributed by atoms with Gasteiger partial charge in [-0.25, -0.2) is 0 Å². The summed E-state index contributed by atoms with van der Waals surface area (Å²) >= 11 is 0. The molecule has 4 rings (SSSR count). The molecule has 1 aromatic carbocycles. The Kier molecular flexibility index (Phi) is 7.10. The van der Waals surface area contributed by atoms with E-state index in [1.807, 2.05) is 0 Å². The van der Waals surface area contributed by atoms with Crippen molar-refractivity contribution in [3.8, 4) is 5.75 Å². The average molecular weight is 558 g/mol. The number of aliphatic hydroxyl groups excluding tert-OH is 2. The SMILES string of the molecule is CN(C)C(=O)CNc1cc(N(C)C)c2c(c1O)C(=O)C1=C(O)[C@]3(O)C(=O)C(C(N)=O)=C(O)C(N(C)C)[C@@H]3C[C@@H]1C2. The Morgan fingerprint density at radius 3 is 2.25 bits per heavy atom. The van der Waals surface area contributed by atoms with Gasteiger partial charge < -0.3 is 41.3 Å². The molecule has 0 saturated heterocycles. The van der Waals surface area contributed by atoms with Crippen molar-refractivity contribution in [2.24, 2.45) is 17.6 Å². The van der Waals surface area contributed by atoms with Gasteiger partial charge in [-0.2, -0.15) is 0 Å². The van der Waals surface area contributed by atoms with E-state index in [2.05, 4.69) is 5.32 Å². The predicted molar refractivity (Wildman–Crippen MR) is 145 cm³/mol. The number of nitrogens with one attached hydrogen (secondary N) is 1. The van der Waals surface area contributed by atoms with Gasteiger partial charge in [0, 0.05) is 45.4 Å². The van der Waals surface area contributed by atoms with Crippen molar-refractivity contribution < 1.29 is 39.6 Å². The van der Waals surface area contributed by atoms with Gasteiger partial charge in [0.25, 0.3) is 5.91 Å². The molecule has 40 heavy (non-hydrogen) atoms. The molecule has 0 fully saturated rings. The van der Waals surface area contributed by atoms with Crippen LogP contribution in [0.15, 0.2) is 28.7 Å². The van der Waals surface area contributed by atoms with E-state index in [1.54, 1.807) is 53.3 Å². The van der Waals surface area contributed by atoms with Crippen LogP contribution < -0.4 is 16.0 Å². The van der Waals surface area contributed by atoms with Gasteiger partial charge in [0.1, 0.15) is 22.8 Å². The van der Waals surface area contributed by atoms with Crippen molar-refractivity contribution in [3.05, 3.63) is 39.9 Å². The minimum absolute atomic E-state index is 0.00324. The summed E-state index contributed by atoms with van der Waals surface area (Å²) in [6.07, 6.45) is 0.156. The number of nitrogens with zero attached hydrogens (tertiary/aromatic N) is 3. The number of ketones is 2. The lowest BCUT2D eigenvalue weighted by Gasteiger charge is -2.50. The molecule has 1 unspecified atom stereocenters. The van der Waals surface area contributed by atoms with Gasteiger partial charge in [-0.3, -0.25) is 24.1 Å². The Bertz CT molecular complexity index is 1400. The van der Waals surface area contributed by atoms with Gasteiger partial charge in [0.15, 0.2) is 11.4 Å². The molecule has 216 valence electrons. The van der Waals surface area contributed by atoms with Crippen LogP contribution in [0.1, 0.15) is 22.3 Å². The summed E-state index contributed by atoms with van der Waals surface area (Å²) in [7, 11) is 9.81. The highest BCUT2D eigenvalue weighted by atomic mass is 16.3. The summed E-state index contributed by atoms with van der Waals surface area (Å²) in [5, 5.41) is 48.1. The lowest BCUT2D eigenvalue weighted by molar-refractivity contribution is -0.148. The normalized spacial score (nSPS) is 25.9. The van der Waals surface area contributed by atoms with Crippen LogP contribution in [-0.4, -0.2) is 114 Å². The Balaban J connectivity index is 1.92. The van der Waals surface area contributed by atoms with Gasteiger partial charge in [0.2, 0.25) is 11.7 Å². The van der Waals surface area contributed by atoms with Crippen LogP contribution >= 0.6 is 0 Å². The molecule has 0 aliphatic heterocycles. The highest BCUT2D eigenvalue weighted by Gasteiger charge is 2.63. The second-order valence-electron chi connectivity index (χ2n) is 11.1. The fourth-order valence-corrected chi connectivity index (χ4v) is 6.16. The number of carbonyl (C=O) groups excluding carboxylic acids is 4. The summed E-state index contributed by atoms with van der Waals surface area (Å²) in [5.74, 6) is -7.43. The number of hydrogen-bond donors (Lipinski definition) is 6. The molecule has 7 N–H and O–H groups in total. The zero-order valence-corrected chi connectivity index (χ0v) is 23.3. The number of aromatic hydroxyl groups is 1. The molecule has 0 spiro atoms. The summed E-state index contributed by atoms with van der Waals surface area (Å²) < 4.78 is 0. The first kappa shape index (κ1) is 28.9. The monoisotopic (exact) mass is 557 g/mol. The number of amides is 2. The van der Waals surface area contributed by atoms with Crippen LogP contribution in [0.25, 0.3) is 0 Å². The van der Waals surface area contributed by atoms with E-state index >= 15 is 0 Å². The van der Waals surface area contributed by atoms with E-state index in [9.17, 15) is 39.6 Å². The summed E-state index contributed by atoms with van der Waals surface area (Å²) in [4.78, 5) is 56.3. The number of anilines is 2.